The van der Waals surface area contributed by atoms with Gasteiger partial charge < -0.3 is 0 Å². The van der Waals surface area contributed by atoms with Crippen molar-refractivity contribution in [2.45, 2.75) is 17.4 Å². The lowest BCUT2D eigenvalue weighted by atomic mass is 9.34. The molecule has 0 saturated carbocycles. The molecule has 6 heteroatoms. The molecule has 0 amide bonds. The fourth-order valence-electron chi connectivity index (χ4n) is 2.43. The van der Waals surface area contributed by atoms with Gasteiger partial charge in [0.1, 0.15) is 31.4 Å². The van der Waals surface area contributed by atoms with Gasteiger partial charge in [-0.05, 0) is 6.26 Å². The highest BCUT2D eigenvalue weighted by Gasteiger charge is 2.43. The predicted molar refractivity (Wildman–Crippen MR) is 73.8 cm³/mol. The standard InChI is InChI=1S/C7H19B4NS/c1-5-6(8,9)3-12(13-2)4-7(5,10)11/h5H,3-4,8-11H2,1-2H3. The summed E-state index contributed by atoms with van der Waals surface area (Å²) in [7, 11) is 9.56. The van der Waals surface area contributed by atoms with Crippen LogP contribution in [0.1, 0.15) is 6.92 Å². The first kappa shape index (κ1) is 11.6. The molecule has 70 valence electrons. The maximum Gasteiger partial charge on any atom is 0.101 e. The largest absolute Gasteiger partial charge is 0.253 e. The van der Waals surface area contributed by atoms with Gasteiger partial charge in [-0.1, -0.05) is 35.2 Å². The molecule has 1 heterocycles. The summed E-state index contributed by atoms with van der Waals surface area (Å²) < 4.78 is 2.50. The van der Waals surface area contributed by atoms with Crippen molar-refractivity contribution >= 4 is 43.3 Å². The minimum atomic E-state index is 0.449. The molecule has 0 aliphatic carbocycles. The Hall–Kier alpha value is 0.570. The van der Waals surface area contributed by atoms with E-state index in [2.05, 4.69) is 48.9 Å². The van der Waals surface area contributed by atoms with Gasteiger partial charge in [0.05, 0.1) is 0 Å². The number of rotatable bonds is 1. The lowest BCUT2D eigenvalue weighted by molar-refractivity contribution is 0.262. The molecule has 1 saturated heterocycles. The molecule has 0 aromatic heterocycles. The van der Waals surface area contributed by atoms with Gasteiger partial charge >= 0.3 is 0 Å². The summed E-state index contributed by atoms with van der Waals surface area (Å²) in [5.74, 6) is 0.795. The fraction of sp³-hybridized carbons (Fsp3) is 1.00. The van der Waals surface area contributed by atoms with Gasteiger partial charge in [0.2, 0.25) is 0 Å². The van der Waals surface area contributed by atoms with Crippen molar-refractivity contribution in [1.82, 2.24) is 4.31 Å². The summed E-state index contributed by atoms with van der Waals surface area (Å²) in [6.45, 7) is 4.84. The lowest BCUT2D eigenvalue weighted by Gasteiger charge is -2.52. The van der Waals surface area contributed by atoms with E-state index in [4.69, 9.17) is 0 Å². The smallest absolute Gasteiger partial charge is 0.101 e. The molecule has 0 N–H and O–H groups in total. The van der Waals surface area contributed by atoms with Crippen molar-refractivity contribution < 1.29 is 0 Å². The molecular formula is C7H19B4NS. The molecule has 0 aromatic carbocycles. The molecule has 1 fully saturated rings. The van der Waals surface area contributed by atoms with Crippen LogP contribution in [0, 0.1) is 5.92 Å². The Labute approximate surface area is 90.5 Å². The first-order valence-electron chi connectivity index (χ1n) is 5.09. The molecule has 13 heavy (non-hydrogen) atoms. The normalized spacial score (nSPS) is 28.8. The summed E-state index contributed by atoms with van der Waals surface area (Å²) in [4.78, 5) is 0. The monoisotopic (exact) mass is 193 g/mol. The molecule has 1 nitrogen and oxygen atoms in total. The number of hydrogen-bond acceptors (Lipinski definition) is 2. The highest BCUT2D eigenvalue weighted by molar-refractivity contribution is 7.96. The summed E-state index contributed by atoms with van der Waals surface area (Å²) >= 11 is 1.89. The minimum Gasteiger partial charge on any atom is -0.253 e. The number of hydrogen-bond donors (Lipinski definition) is 0. The van der Waals surface area contributed by atoms with Crippen molar-refractivity contribution in [3.8, 4) is 0 Å². The van der Waals surface area contributed by atoms with Crippen LogP contribution in [-0.4, -0.2) is 55.0 Å². The summed E-state index contributed by atoms with van der Waals surface area (Å²) in [6.07, 6.45) is 2.18. The topological polar surface area (TPSA) is 3.24 Å². The molecule has 0 atom stereocenters. The third kappa shape index (κ3) is 2.33. The minimum absolute atomic E-state index is 0.449. The van der Waals surface area contributed by atoms with Gasteiger partial charge in [-0.15, -0.1) is 0 Å². The highest BCUT2D eigenvalue weighted by Crippen LogP contribution is 2.48. The summed E-state index contributed by atoms with van der Waals surface area (Å²) in [5.41, 5.74) is 0. The van der Waals surface area contributed by atoms with E-state index >= 15 is 0 Å². The van der Waals surface area contributed by atoms with E-state index in [-0.39, 0.29) is 0 Å². The van der Waals surface area contributed by atoms with E-state index < -0.39 is 0 Å². The molecule has 0 bridgehead atoms. The first-order valence-corrected chi connectivity index (χ1v) is 6.27. The van der Waals surface area contributed by atoms with Gasteiger partial charge in [-0.2, -0.15) is 0 Å². The molecule has 1 aliphatic heterocycles. The van der Waals surface area contributed by atoms with Crippen molar-refractivity contribution in [2.24, 2.45) is 5.92 Å². The van der Waals surface area contributed by atoms with Crippen LogP contribution in [0.3, 0.4) is 0 Å². The molecule has 1 rings (SSSR count). The quantitative estimate of drug-likeness (QED) is 0.349. The van der Waals surface area contributed by atoms with Crippen LogP contribution >= 0.6 is 11.9 Å². The van der Waals surface area contributed by atoms with E-state index in [0.717, 1.165) is 5.92 Å². The Morgan fingerprint density at radius 2 is 1.54 bits per heavy atom. The van der Waals surface area contributed by atoms with Crippen LogP contribution in [0.25, 0.3) is 0 Å². The van der Waals surface area contributed by atoms with Gasteiger partial charge in [-0.25, -0.2) is 0 Å². The van der Waals surface area contributed by atoms with Crippen molar-refractivity contribution in [3.63, 3.8) is 0 Å². The SMILES string of the molecule is BC1(B)CN(SC)CC(B)(B)C1C. The third-order valence-electron chi connectivity index (χ3n) is 3.77. The molecular weight excluding hydrogens is 173 g/mol. The van der Waals surface area contributed by atoms with Gasteiger partial charge in [0, 0.05) is 13.1 Å². The van der Waals surface area contributed by atoms with Crippen molar-refractivity contribution in [1.29, 1.82) is 0 Å². The van der Waals surface area contributed by atoms with E-state index in [1.165, 1.54) is 13.1 Å². The average Bonchev–Trinajstić information content (AvgIpc) is 1.99. The van der Waals surface area contributed by atoms with Crippen molar-refractivity contribution in [2.75, 3.05) is 19.3 Å². The molecule has 0 radical (unpaired) electrons. The maximum absolute atomic E-state index is 2.50. The van der Waals surface area contributed by atoms with E-state index in [1.54, 1.807) is 0 Å². The van der Waals surface area contributed by atoms with Crippen LogP contribution in [0.2, 0.25) is 10.4 Å². The van der Waals surface area contributed by atoms with Crippen LogP contribution in [0.4, 0.5) is 0 Å². The summed E-state index contributed by atoms with van der Waals surface area (Å²) in [5, 5.41) is 0.898. The molecule has 0 aromatic rings. The highest BCUT2D eigenvalue weighted by atomic mass is 32.2. The van der Waals surface area contributed by atoms with Gasteiger partial charge in [0.25, 0.3) is 0 Å². The zero-order valence-corrected chi connectivity index (χ0v) is 10.7. The lowest BCUT2D eigenvalue weighted by Crippen LogP contribution is -2.50. The zero-order valence-electron chi connectivity index (χ0n) is 9.85. The zero-order chi connectivity index (χ0) is 10.3. The van der Waals surface area contributed by atoms with Crippen LogP contribution in [0.5, 0.6) is 0 Å². The van der Waals surface area contributed by atoms with E-state index in [9.17, 15) is 0 Å². The Morgan fingerprint density at radius 1 is 1.15 bits per heavy atom. The van der Waals surface area contributed by atoms with E-state index in [0.29, 0.717) is 10.4 Å². The summed E-state index contributed by atoms with van der Waals surface area (Å²) in [6, 6.07) is 0. The van der Waals surface area contributed by atoms with Crippen molar-refractivity contribution in [3.05, 3.63) is 0 Å². The van der Waals surface area contributed by atoms with Gasteiger partial charge in [0.15, 0.2) is 0 Å². The molecule has 0 spiro atoms. The Kier molecular flexibility index (Phi) is 3.24. The maximum atomic E-state index is 2.50. The van der Waals surface area contributed by atoms with Crippen LogP contribution in [0.15, 0.2) is 0 Å². The average molecular weight is 193 g/mol. The second-order valence-corrected chi connectivity index (χ2v) is 6.56. The second kappa shape index (κ2) is 3.62. The Morgan fingerprint density at radius 3 is 1.85 bits per heavy atom. The second-order valence-electron chi connectivity index (χ2n) is 5.68. The van der Waals surface area contributed by atoms with Crippen LogP contribution in [-0.2, 0) is 0 Å². The number of piperidine rings is 1. The fourth-order valence-corrected chi connectivity index (χ4v) is 3.35. The molecule has 1 aliphatic rings. The van der Waals surface area contributed by atoms with E-state index in [1.807, 2.05) is 11.9 Å². The Bertz CT molecular complexity index is 179. The van der Waals surface area contributed by atoms with Gasteiger partial charge in [-0.3, -0.25) is 4.31 Å². The number of nitrogens with zero attached hydrogens (tertiary/aromatic N) is 1. The first-order chi connectivity index (χ1) is 5.79. The Balaban J connectivity index is 2.82. The predicted octanol–water partition coefficient (Wildman–Crippen LogP) is -2.02. The third-order valence-corrected chi connectivity index (χ3v) is 4.54. The van der Waals surface area contributed by atoms with Crippen LogP contribution < -0.4 is 0 Å². The molecule has 0 unspecified atom stereocenters.